The van der Waals surface area contributed by atoms with Crippen molar-refractivity contribution >= 4 is 17.7 Å². The summed E-state index contributed by atoms with van der Waals surface area (Å²) in [6.45, 7) is 0. The van der Waals surface area contributed by atoms with E-state index in [-0.39, 0.29) is 5.91 Å². The minimum Gasteiger partial charge on any atom is -0.368 e. The lowest BCUT2D eigenvalue weighted by Gasteiger charge is -2.15. The standard InChI is InChI=1S/C19H18N4OS/c20-17(24)16(13-7-3-1-4-8-13)25-19-22-21-18(14-11-12-14)23(19)15-9-5-2-6-10-15/h1-10,14,16H,11-12H2,(H2,20,24). The van der Waals surface area contributed by atoms with Crippen LogP contribution in [-0.4, -0.2) is 20.7 Å². The molecule has 1 unspecified atom stereocenters. The van der Waals surface area contributed by atoms with Gasteiger partial charge in [-0.15, -0.1) is 10.2 Å². The van der Waals surface area contributed by atoms with Crippen molar-refractivity contribution in [1.29, 1.82) is 0 Å². The Hall–Kier alpha value is -2.60. The normalized spacial score (nSPS) is 15.0. The van der Waals surface area contributed by atoms with Crippen molar-refractivity contribution < 1.29 is 4.79 Å². The molecule has 1 aliphatic rings. The summed E-state index contributed by atoms with van der Waals surface area (Å²) in [5.74, 6) is 1.03. The van der Waals surface area contributed by atoms with Gasteiger partial charge in [-0.2, -0.15) is 0 Å². The number of hydrogen-bond donors (Lipinski definition) is 1. The lowest BCUT2D eigenvalue weighted by atomic mass is 10.1. The average molecular weight is 350 g/mol. The van der Waals surface area contributed by atoms with E-state index in [1.165, 1.54) is 11.8 Å². The van der Waals surface area contributed by atoms with E-state index < -0.39 is 5.25 Å². The van der Waals surface area contributed by atoms with Gasteiger partial charge in [0.15, 0.2) is 5.16 Å². The van der Waals surface area contributed by atoms with E-state index in [4.69, 9.17) is 5.73 Å². The monoisotopic (exact) mass is 350 g/mol. The highest BCUT2D eigenvalue weighted by molar-refractivity contribution is 8.00. The molecule has 0 bridgehead atoms. The van der Waals surface area contributed by atoms with Crippen LogP contribution in [0.3, 0.4) is 0 Å². The van der Waals surface area contributed by atoms with Gasteiger partial charge in [-0.3, -0.25) is 9.36 Å². The fourth-order valence-electron chi connectivity index (χ4n) is 2.81. The molecule has 0 radical (unpaired) electrons. The van der Waals surface area contributed by atoms with Crippen molar-refractivity contribution in [2.45, 2.75) is 29.2 Å². The molecule has 3 aromatic rings. The van der Waals surface area contributed by atoms with Crippen LogP contribution in [0.2, 0.25) is 0 Å². The molecule has 2 aromatic carbocycles. The van der Waals surface area contributed by atoms with Gasteiger partial charge in [0.2, 0.25) is 5.91 Å². The van der Waals surface area contributed by atoms with E-state index in [9.17, 15) is 4.79 Å². The SMILES string of the molecule is NC(=O)C(Sc1nnc(C2CC2)n1-c1ccccc1)c1ccccc1. The van der Waals surface area contributed by atoms with Crippen molar-refractivity contribution in [3.05, 3.63) is 72.1 Å². The number of nitrogens with zero attached hydrogens (tertiary/aromatic N) is 3. The third-order valence-electron chi connectivity index (χ3n) is 4.20. The average Bonchev–Trinajstić information content (AvgIpc) is 3.41. The number of carbonyl (C=O) groups excluding carboxylic acids is 1. The zero-order valence-electron chi connectivity index (χ0n) is 13.6. The summed E-state index contributed by atoms with van der Waals surface area (Å²) in [6, 6.07) is 19.6. The maximum atomic E-state index is 12.0. The Morgan fingerprint density at radius 1 is 1.04 bits per heavy atom. The van der Waals surface area contributed by atoms with Crippen molar-refractivity contribution in [2.75, 3.05) is 0 Å². The highest BCUT2D eigenvalue weighted by atomic mass is 32.2. The number of nitrogens with two attached hydrogens (primary N) is 1. The number of para-hydroxylation sites is 1. The number of amides is 1. The summed E-state index contributed by atoms with van der Waals surface area (Å²) < 4.78 is 2.06. The predicted molar refractivity (Wildman–Crippen MR) is 97.6 cm³/mol. The van der Waals surface area contributed by atoms with Gasteiger partial charge < -0.3 is 5.73 Å². The quantitative estimate of drug-likeness (QED) is 0.691. The van der Waals surface area contributed by atoms with Crippen LogP contribution < -0.4 is 5.73 Å². The zero-order valence-corrected chi connectivity index (χ0v) is 14.4. The van der Waals surface area contributed by atoms with Crippen LogP contribution in [0.1, 0.15) is 35.4 Å². The molecule has 1 heterocycles. The van der Waals surface area contributed by atoms with Gasteiger partial charge in [0.05, 0.1) is 0 Å². The topological polar surface area (TPSA) is 73.8 Å². The predicted octanol–water partition coefficient (Wildman–Crippen LogP) is 3.46. The van der Waals surface area contributed by atoms with Gasteiger partial charge >= 0.3 is 0 Å². The molecule has 1 atom stereocenters. The van der Waals surface area contributed by atoms with Gasteiger partial charge in [0, 0.05) is 11.6 Å². The fraction of sp³-hybridized carbons (Fsp3) is 0.211. The summed E-state index contributed by atoms with van der Waals surface area (Å²) in [5.41, 5.74) is 7.55. The van der Waals surface area contributed by atoms with Gasteiger partial charge in [0.25, 0.3) is 0 Å². The highest BCUT2D eigenvalue weighted by Crippen LogP contribution is 2.43. The third-order valence-corrected chi connectivity index (χ3v) is 5.41. The summed E-state index contributed by atoms with van der Waals surface area (Å²) in [6.07, 6.45) is 2.27. The Bertz CT molecular complexity index is 875. The summed E-state index contributed by atoms with van der Waals surface area (Å²) in [5, 5.41) is 8.97. The van der Waals surface area contributed by atoms with Crippen LogP contribution in [0, 0.1) is 0 Å². The van der Waals surface area contributed by atoms with Crippen LogP contribution in [0.25, 0.3) is 5.69 Å². The van der Waals surface area contributed by atoms with E-state index in [2.05, 4.69) is 14.8 Å². The van der Waals surface area contributed by atoms with Crippen molar-refractivity contribution in [3.63, 3.8) is 0 Å². The van der Waals surface area contributed by atoms with Crippen LogP contribution in [0.15, 0.2) is 65.8 Å². The van der Waals surface area contributed by atoms with Crippen LogP contribution in [0.5, 0.6) is 0 Å². The first-order valence-electron chi connectivity index (χ1n) is 8.25. The van der Waals surface area contributed by atoms with Gasteiger partial charge in [-0.05, 0) is 30.5 Å². The maximum Gasteiger partial charge on any atom is 0.235 e. The molecule has 2 N–H and O–H groups in total. The van der Waals surface area contributed by atoms with Gasteiger partial charge in [-0.1, -0.05) is 60.3 Å². The van der Waals surface area contributed by atoms with Crippen molar-refractivity contribution in [2.24, 2.45) is 5.73 Å². The molecule has 25 heavy (non-hydrogen) atoms. The molecule has 1 amide bonds. The summed E-state index contributed by atoms with van der Waals surface area (Å²) >= 11 is 1.35. The Balaban J connectivity index is 1.74. The molecule has 5 nitrogen and oxygen atoms in total. The fourth-order valence-corrected chi connectivity index (χ4v) is 3.82. The number of hydrogen-bond acceptors (Lipinski definition) is 4. The zero-order chi connectivity index (χ0) is 17.2. The molecule has 0 aliphatic heterocycles. The van der Waals surface area contributed by atoms with E-state index in [0.29, 0.717) is 11.1 Å². The van der Waals surface area contributed by atoms with Crippen LogP contribution in [0.4, 0.5) is 0 Å². The van der Waals surface area contributed by atoms with E-state index >= 15 is 0 Å². The molecule has 126 valence electrons. The van der Waals surface area contributed by atoms with Crippen LogP contribution >= 0.6 is 11.8 Å². The minimum atomic E-state index is -0.500. The number of primary amides is 1. The molecule has 0 spiro atoms. The second-order valence-electron chi connectivity index (χ2n) is 6.10. The third kappa shape index (κ3) is 3.30. The summed E-state index contributed by atoms with van der Waals surface area (Å²) in [4.78, 5) is 12.0. The second-order valence-corrected chi connectivity index (χ2v) is 7.17. The Morgan fingerprint density at radius 3 is 2.28 bits per heavy atom. The molecule has 1 saturated carbocycles. The first-order valence-corrected chi connectivity index (χ1v) is 9.13. The summed E-state index contributed by atoms with van der Waals surface area (Å²) in [7, 11) is 0. The molecule has 1 aliphatic carbocycles. The van der Waals surface area contributed by atoms with Crippen molar-refractivity contribution in [1.82, 2.24) is 14.8 Å². The minimum absolute atomic E-state index is 0.383. The Morgan fingerprint density at radius 2 is 1.68 bits per heavy atom. The number of carbonyl (C=O) groups is 1. The largest absolute Gasteiger partial charge is 0.368 e. The smallest absolute Gasteiger partial charge is 0.235 e. The molecular formula is C19H18N4OS. The number of benzene rings is 2. The first kappa shape index (κ1) is 15.9. The molecule has 1 fully saturated rings. The number of rotatable bonds is 6. The second kappa shape index (κ2) is 6.72. The number of thioether (sulfide) groups is 1. The van der Waals surface area contributed by atoms with Crippen molar-refractivity contribution in [3.8, 4) is 5.69 Å². The Labute approximate surface area is 150 Å². The first-order chi connectivity index (χ1) is 12.2. The van der Waals surface area contributed by atoms with E-state index in [0.717, 1.165) is 29.9 Å². The molecule has 0 saturated heterocycles. The Kier molecular flexibility index (Phi) is 4.28. The van der Waals surface area contributed by atoms with Gasteiger partial charge in [0.1, 0.15) is 11.1 Å². The molecule has 1 aromatic heterocycles. The van der Waals surface area contributed by atoms with E-state index in [1.807, 2.05) is 60.7 Å². The lowest BCUT2D eigenvalue weighted by Crippen LogP contribution is -2.19. The van der Waals surface area contributed by atoms with Gasteiger partial charge in [-0.25, -0.2) is 0 Å². The van der Waals surface area contributed by atoms with Crippen LogP contribution in [-0.2, 0) is 4.79 Å². The number of aromatic nitrogens is 3. The highest BCUT2D eigenvalue weighted by Gasteiger charge is 2.32. The molecular weight excluding hydrogens is 332 g/mol. The lowest BCUT2D eigenvalue weighted by molar-refractivity contribution is -0.117. The molecule has 6 heteroatoms. The molecule has 4 rings (SSSR count). The van der Waals surface area contributed by atoms with E-state index in [1.54, 1.807) is 0 Å². The maximum absolute atomic E-state index is 12.0.